The van der Waals surface area contributed by atoms with Gasteiger partial charge in [0.15, 0.2) is 0 Å². The lowest BCUT2D eigenvalue weighted by molar-refractivity contribution is -0.137. The Morgan fingerprint density at radius 2 is 2.00 bits per heavy atom. The largest absolute Gasteiger partial charge is 0.368 e. The molecular formula is C17H22N4O2. The van der Waals surface area contributed by atoms with Gasteiger partial charge in [-0.3, -0.25) is 14.5 Å². The lowest BCUT2D eigenvalue weighted by Crippen LogP contribution is -2.58. The average Bonchev–Trinajstić information content (AvgIpc) is 2.83. The normalized spacial score (nSPS) is 19.2. The monoisotopic (exact) mass is 314 g/mol. The van der Waals surface area contributed by atoms with Crippen LogP contribution in [0.25, 0.3) is 10.9 Å². The second-order valence-corrected chi connectivity index (χ2v) is 6.17. The number of hydrogen-bond donors (Lipinski definition) is 1. The van der Waals surface area contributed by atoms with Crippen LogP contribution in [0.4, 0.5) is 0 Å². The molecule has 0 saturated carbocycles. The van der Waals surface area contributed by atoms with E-state index in [1.807, 2.05) is 47.7 Å². The predicted octanol–water partition coefficient (Wildman–Crippen LogP) is 0.578. The zero-order valence-corrected chi connectivity index (χ0v) is 13.5. The van der Waals surface area contributed by atoms with E-state index in [1.165, 1.54) is 0 Å². The molecule has 1 fully saturated rings. The summed E-state index contributed by atoms with van der Waals surface area (Å²) in [5.74, 6) is -0.360. The van der Waals surface area contributed by atoms with Crippen molar-refractivity contribution in [2.24, 2.45) is 5.73 Å². The van der Waals surface area contributed by atoms with Crippen LogP contribution in [0.15, 0.2) is 30.3 Å². The van der Waals surface area contributed by atoms with Gasteiger partial charge in [0.1, 0.15) is 12.6 Å². The molecule has 3 rings (SSSR count). The van der Waals surface area contributed by atoms with Crippen LogP contribution in [-0.4, -0.2) is 58.9 Å². The van der Waals surface area contributed by atoms with Gasteiger partial charge in [-0.25, -0.2) is 0 Å². The second-order valence-electron chi connectivity index (χ2n) is 6.17. The van der Waals surface area contributed by atoms with Crippen molar-refractivity contribution in [3.63, 3.8) is 0 Å². The number of carbonyl (C=O) groups is 2. The van der Waals surface area contributed by atoms with E-state index in [-0.39, 0.29) is 18.4 Å². The molecule has 6 nitrogen and oxygen atoms in total. The van der Waals surface area contributed by atoms with E-state index in [1.54, 1.807) is 4.90 Å². The quantitative estimate of drug-likeness (QED) is 0.901. The molecule has 1 unspecified atom stereocenters. The average molecular weight is 314 g/mol. The number of para-hydroxylation sites is 1. The van der Waals surface area contributed by atoms with Crippen LogP contribution in [-0.2, 0) is 16.1 Å². The van der Waals surface area contributed by atoms with Gasteiger partial charge in [-0.05, 0) is 31.5 Å². The molecule has 2 N–H and O–H groups in total. The van der Waals surface area contributed by atoms with Crippen molar-refractivity contribution in [2.75, 3.05) is 26.7 Å². The number of aromatic nitrogens is 1. The highest BCUT2D eigenvalue weighted by molar-refractivity contribution is 5.85. The van der Waals surface area contributed by atoms with Gasteiger partial charge in [-0.2, -0.15) is 0 Å². The smallest absolute Gasteiger partial charge is 0.242 e. The third kappa shape index (κ3) is 2.94. The topological polar surface area (TPSA) is 71.6 Å². The first-order valence-electron chi connectivity index (χ1n) is 7.79. The number of piperazine rings is 1. The predicted molar refractivity (Wildman–Crippen MR) is 88.9 cm³/mol. The Morgan fingerprint density at radius 3 is 2.74 bits per heavy atom. The third-order valence-electron chi connectivity index (χ3n) is 4.64. The molecule has 2 aromatic rings. The van der Waals surface area contributed by atoms with Crippen LogP contribution < -0.4 is 5.73 Å². The maximum Gasteiger partial charge on any atom is 0.242 e. The summed E-state index contributed by atoms with van der Waals surface area (Å²) >= 11 is 0. The Hall–Kier alpha value is -2.34. The number of carbonyl (C=O) groups excluding carboxylic acids is 2. The summed E-state index contributed by atoms with van der Waals surface area (Å²) < 4.78 is 2.02. The molecule has 0 radical (unpaired) electrons. The summed E-state index contributed by atoms with van der Waals surface area (Å²) in [6, 6.07) is 9.70. The molecule has 1 atom stereocenters. The molecule has 0 aliphatic carbocycles. The molecule has 1 aromatic heterocycles. The molecule has 0 spiro atoms. The van der Waals surface area contributed by atoms with Crippen molar-refractivity contribution < 1.29 is 9.59 Å². The van der Waals surface area contributed by atoms with Crippen LogP contribution in [0.3, 0.4) is 0 Å². The maximum absolute atomic E-state index is 12.7. The number of fused-ring (bicyclic) bond motifs is 1. The second kappa shape index (κ2) is 6.04. The van der Waals surface area contributed by atoms with Gasteiger partial charge < -0.3 is 15.2 Å². The number of amides is 2. The first-order chi connectivity index (χ1) is 11.0. The van der Waals surface area contributed by atoms with Crippen molar-refractivity contribution in [1.29, 1.82) is 0 Å². The summed E-state index contributed by atoms with van der Waals surface area (Å²) in [6.07, 6.45) is 0. The standard InChI is InChI=1S/C17H22N4O2/c1-12-9-13-5-3-4-6-14(13)21(12)11-16(22)20-8-7-19(2)15(10-20)17(18)23/h3-6,9,15H,7-8,10-11H2,1-2H3,(H2,18,23). The van der Waals surface area contributed by atoms with Gasteiger partial charge in [0, 0.05) is 30.8 Å². The Kier molecular flexibility index (Phi) is 4.09. The number of nitrogens with two attached hydrogens (primary N) is 1. The molecule has 1 aliphatic rings. The van der Waals surface area contributed by atoms with Gasteiger partial charge in [0.25, 0.3) is 0 Å². The highest BCUT2D eigenvalue weighted by Crippen LogP contribution is 2.19. The molecule has 1 aromatic carbocycles. The maximum atomic E-state index is 12.7. The number of aryl methyl sites for hydroxylation is 1. The number of likely N-dealkylation sites (N-methyl/N-ethyl adjacent to an activating group) is 1. The van der Waals surface area contributed by atoms with Gasteiger partial charge in [-0.1, -0.05) is 18.2 Å². The first-order valence-corrected chi connectivity index (χ1v) is 7.79. The Morgan fingerprint density at radius 1 is 1.26 bits per heavy atom. The molecule has 23 heavy (non-hydrogen) atoms. The third-order valence-corrected chi connectivity index (χ3v) is 4.64. The lowest BCUT2D eigenvalue weighted by atomic mass is 10.1. The summed E-state index contributed by atoms with van der Waals surface area (Å²) in [6.45, 7) is 3.93. The molecular weight excluding hydrogens is 292 g/mol. The summed E-state index contributed by atoms with van der Waals surface area (Å²) in [7, 11) is 1.86. The van der Waals surface area contributed by atoms with Crippen molar-refractivity contribution in [3.8, 4) is 0 Å². The zero-order valence-electron chi connectivity index (χ0n) is 13.5. The van der Waals surface area contributed by atoms with Crippen molar-refractivity contribution in [3.05, 3.63) is 36.0 Å². The van der Waals surface area contributed by atoms with Crippen LogP contribution in [0.5, 0.6) is 0 Å². The van der Waals surface area contributed by atoms with E-state index in [0.717, 1.165) is 16.6 Å². The van der Waals surface area contributed by atoms with E-state index in [4.69, 9.17) is 5.73 Å². The van der Waals surface area contributed by atoms with Crippen molar-refractivity contribution in [2.45, 2.75) is 19.5 Å². The number of nitrogens with zero attached hydrogens (tertiary/aromatic N) is 3. The minimum Gasteiger partial charge on any atom is -0.368 e. The number of primary amides is 1. The summed E-state index contributed by atoms with van der Waals surface area (Å²) in [5.41, 5.74) is 7.54. The van der Waals surface area contributed by atoms with Gasteiger partial charge in [-0.15, -0.1) is 0 Å². The fourth-order valence-corrected chi connectivity index (χ4v) is 3.20. The summed E-state index contributed by atoms with van der Waals surface area (Å²) in [4.78, 5) is 27.8. The van der Waals surface area contributed by atoms with Gasteiger partial charge in [0.2, 0.25) is 11.8 Å². The van der Waals surface area contributed by atoms with E-state index in [9.17, 15) is 9.59 Å². The zero-order chi connectivity index (χ0) is 16.6. The molecule has 6 heteroatoms. The van der Waals surface area contributed by atoms with Crippen molar-refractivity contribution >= 4 is 22.7 Å². The Bertz CT molecular complexity index is 752. The summed E-state index contributed by atoms with van der Waals surface area (Å²) in [5, 5.41) is 1.13. The SMILES string of the molecule is Cc1cc2ccccc2n1CC(=O)N1CCN(C)C(C(N)=O)C1. The number of rotatable bonds is 3. The van der Waals surface area contributed by atoms with Crippen LogP contribution in [0.1, 0.15) is 5.69 Å². The van der Waals surface area contributed by atoms with Crippen LogP contribution in [0, 0.1) is 6.92 Å². The minimum atomic E-state index is -0.407. The number of hydrogen-bond acceptors (Lipinski definition) is 3. The first kappa shape index (κ1) is 15.6. The Labute approximate surface area is 135 Å². The van der Waals surface area contributed by atoms with E-state index in [0.29, 0.717) is 19.6 Å². The minimum absolute atomic E-state index is 0.0220. The fourth-order valence-electron chi connectivity index (χ4n) is 3.20. The van der Waals surface area contributed by atoms with Crippen LogP contribution in [0.2, 0.25) is 0 Å². The highest BCUT2D eigenvalue weighted by Gasteiger charge is 2.30. The molecule has 2 amide bonds. The van der Waals surface area contributed by atoms with Gasteiger partial charge >= 0.3 is 0 Å². The van der Waals surface area contributed by atoms with E-state index < -0.39 is 6.04 Å². The van der Waals surface area contributed by atoms with E-state index in [2.05, 4.69) is 6.07 Å². The van der Waals surface area contributed by atoms with E-state index >= 15 is 0 Å². The molecule has 122 valence electrons. The van der Waals surface area contributed by atoms with Gasteiger partial charge in [0.05, 0.1) is 0 Å². The molecule has 1 saturated heterocycles. The molecule has 0 bridgehead atoms. The van der Waals surface area contributed by atoms with Crippen molar-refractivity contribution in [1.82, 2.24) is 14.4 Å². The number of benzene rings is 1. The Balaban J connectivity index is 1.78. The molecule has 2 heterocycles. The fraction of sp³-hybridized carbons (Fsp3) is 0.412. The lowest BCUT2D eigenvalue weighted by Gasteiger charge is -2.37. The highest BCUT2D eigenvalue weighted by atomic mass is 16.2. The van der Waals surface area contributed by atoms with Crippen LogP contribution >= 0.6 is 0 Å². The molecule has 1 aliphatic heterocycles.